The predicted octanol–water partition coefficient (Wildman–Crippen LogP) is 3.69. The molecule has 0 unspecified atom stereocenters. The van der Waals surface area contributed by atoms with Crippen molar-refractivity contribution in [3.63, 3.8) is 0 Å². The number of carbonyl (C=O) groups excluding carboxylic acids is 1. The smallest absolute Gasteiger partial charge is 0.228 e. The standard InChI is InChI=1S/C12H10BrNOS/c13-10-3-1-2-4-11(10)14-12(15)7-9-5-6-16-8-9/h1-6,8H,7H2,(H,14,15). The van der Waals surface area contributed by atoms with E-state index in [0.717, 1.165) is 15.7 Å². The van der Waals surface area contributed by atoms with Crippen LogP contribution in [0.4, 0.5) is 5.69 Å². The highest BCUT2D eigenvalue weighted by atomic mass is 79.9. The summed E-state index contributed by atoms with van der Waals surface area (Å²) < 4.78 is 0.897. The van der Waals surface area contributed by atoms with Gasteiger partial charge in [-0.15, -0.1) is 0 Å². The van der Waals surface area contributed by atoms with Crippen molar-refractivity contribution in [3.8, 4) is 0 Å². The van der Waals surface area contributed by atoms with Gasteiger partial charge >= 0.3 is 0 Å². The maximum Gasteiger partial charge on any atom is 0.228 e. The molecule has 1 aromatic carbocycles. The SMILES string of the molecule is O=C(Cc1ccsc1)Nc1ccccc1Br. The lowest BCUT2D eigenvalue weighted by Crippen LogP contribution is -2.14. The number of anilines is 1. The second kappa shape index (κ2) is 5.27. The van der Waals surface area contributed by atoms with Crippen LogP contribution in [0.2, 0.25) is 0 Å². The van der Waals surface area contributed by atoms with Gasteiger partial charge in [0, 0.05) is 4.47 Å². The van der Waals surface area contributed by atoms with Gasteiger partial charge in [-0.25, -0.2) is 0 Å². The summed E-state index contributed by atoms with van der Waals surface area (Å²) in [6, 6.07) is 9.55. The minimum atomic E-state index is 0.00491. The molecule has 0 bridgehead atoms. The molecule has 0 spiro atoms. The van der Waals surface area contributed by atoms with Gasteiger partial charge in [0.1, 0.15) is 0 Å². The molecule has 0 saturated carbocycles. The second-order valence-corrected chi connectivity index (χ2v) is 4.97. The Morgan fingerprint density at radius 2 is 2.12 bits per heavy atom. The Morgan fingerprint density at radius 1 is 1.31 bits per heavy atom. The van der Waals surface area contributed by atoms with E-state index < -0.39 is 0 Å². The molecule has 0 atom stereocenters. The van der Waals surface area contributed by atoms with Crippen molar-refractivity contribution in [2.75, 3.05) is 5.32 Å². The zero-order chi connectivity index (χ0) is 11.4. The maximum atomic E-state index is 11.7. The van der Waals surface area contributed by atoms with Gasteiger partial charge in [-0.3, -0.25) is 4.79 Å². The normalized spacial score (nSPS) is 10.1. The van der Waals surface area contributed by atoms with Crippen molar-refractivity contribution in [2.24, 2.45) is 0 Å². The monoisotopic (exact) mass is 295 g/mol. The van der Waals surface area contributed by atoms with Crippen LogP contribution in [0.15, 0.2) is 45.6 Å². The van der Waals surface area contributed by atoms with Gasteiger partial charge in [-0.1, -0.05) is 12.1 Å². The number of hydrogen-bond donors (Lipinski definition) is 1. The van der Waals surface area contributed by atoms with E-state index in [-0.39, 0.29) is 5.91 Å². The summed E-state index contributed by atoms with van der Waals surface area (Å²) in [7, 11) is 0. The summed E-state index contributed by atoms with van der Waals surface area (Å²) in [6.45, 7) is 0. The van der Waals surface area contributed by atoms with Gasteiger partial charge in [0.05, 0.1) is 12.1 Å². The highest BCUT2D eigenvalue weighted by molar-refractivity contribution is 9.10. The number of thiophene rings is 1. The summed E-state index contributed by atoms with van der Waals surface area (Å²) in [5.41, 5.74) is 1.86. The molecule has 2 nitrogen and oxygen atoms in total. The topological polar surface area (TPSA) is 29.1 Å². The molecule has 0 radical (unpaired) electrons. The fourth-order valence-electron chi connectivity index (χ4n) is 1.34. The minimum absolute atomic E-state index is 0.00491. The molecule has 1 heterocycles. The number of benzene rings is 1. The zero-order valence-electron chi connectivity index (χ0n) is 8.44. The molecule has 2 rings (SSSR count). The van der Waals surface area contributed by atoms with Crippen LogP contribution in [0.5, 0.6) is 0 Å². The number of hydrogen-bond acceptors (Lipinski definition) is 2. The Balaban J connectivity index is 2.00. The van der Waals surface area contributed by atoms with E-state index in [0.29, 0.717) is 6.42 Å². The van der Waals surface area contributed by atoms with E-state index in [1.165, 1.54) is 0 Å². The van der Waals surface area contributed by atoms with E-state index in [1.807, 2.05) is 41.1 Å². The fourth-order valence-corrected chi connectivity index (χ4v) is 2.39. The largest absolute Gasteiger partial charge is 0.325 e. The van der Waals surface area contributed by atoms with Crippen molar-refractivity contribution in [1.82, 2.24) is 0 Å². The van der Waals surface area contributed by atoms with Crippen LogP contribution in [0.1, 0.15) is 5.56 Å². The molecule has 16 heavy (non-hydrogen) atoms. The Hall–Kier alpha value is -1.13. The first-order valence-electron chi connectivity index (χ1n) is 4.81. The molecule has 1 aromatic heterocycles. The molecule has 0 aliphatic rings. The molecule has 0 fully saturated rings. The molecule has 82 valence electrons. The summed E-state index contributed by atoms with van der Waals surface area (Å²) in [5, 5.41) is 6.83. The van der Waals surface area contributed by atoms with Crippen molar-refractivity contribution in [2.45, 2.75) is 6.42 Å². The summed E-state index contributed by atoms with van der Waals surface area (Å²) in [4.78, 5) is 11.7. The summed E-state index contributed by atoms with van der Waals surface area (Å²) in [6.07, 6.45) is 0.421. The van der Waals surface area contributed by atoms with Gasteiger partial charge in [0.2, 0.25) is 5.91 Å². The molecule has 0 aliphatic carbocycles. The van der Waals surface area contributed by atoms with Crippen LogP contribution >= 0.6 is 27.3 Å². The third-order valence-corrected chi connectivity index (χ3v) is 3.52. The van der Waals surface area contributed by atoms with Crippen molar-refractivity contribution in [3.05, 3.63) is 51.1 Å². The first-order valence-corrected chi connectivity index (χ1v) is 6.55. The molecule has 1 amide bonds. The second-order valence-electron chi connectivity index (χ2n) is 3.34. The van der Waals surface area contributed by atoms with Crippen molar-refractivity contribution < 1.29 is 4.79 Å². The van der Waals surface area contributed by atoms with E-state index in [4.69, 9.17) is 0 Å². The van der Waals surface area contributed by atoms with Crippen LogP contribution in [-0.2, 0) is 11.2 Å². The highest BCUT2D eigenvalue weighted by Gasteiger charge is 2.06. The lowest BCUT2D eigenvalue weighted by molar-refractivity contribution is -0.115. The number of rotatable bonds is 3. The van der Waals surface area contributed by atoms with Crippen LogP contribution in [0.3, 0.4) is 0 Å². The van der Waals surface area contributed by atoms with Gasteiger partial charge < -0.3 is 5.32 Å². The molecular weight excluding hydrogens is 286 g/mol. The van der Waals surface area contributed by atoms with Gasteiger partial charge in [0.15, 0.2) is 0 Å². The Bertz CT molecular complexity index is 482. The molecule has 2 aromatic rings. The third-order valence-electron chi connectivity index (χ3n) is 2.09. The van der Waals surface area contributed by atoms with Crippen LogP contribution in [-0.4, -0.2) is 5.91 Å². The number of para-hydroxylation sites is 1. The average molecular weight is 296 g/mol. The van der Waals surface area contributed by atoms with E-state index in [2.05, 4.69) is 21.2 Å². The van der Waals surface area contributed by atoms with Gasteiger partial charge in [0.25, 0.3) is 0 Å². The highest BCUT2D eigenvalue weighted by Crippen LogP contribution is 2.21. The Kier molecular flexibility index (Phi) is 3.74. The minimum Gasteiger partial charge on any atom is -0.325 e. The number of halogens is 1. The third kappa shape index (κ3) is 2.93. The quantitative estimate of drug-likeness (QED) is 0.919. The van der Waals surface area contributed by atoms with Crippen LogP contribution < -0.4 is 5.32 Å². The number of nitrogens with one attached hydrogen (secondary N) is 1. The fraction of sp³-hybridized carbons (Fsp3) is 0.0833. The van der Waals surface area contributed by atoms with Crippen LogP contribution in [0, 0.1) is 0 Å². The first kappa shape index (κ1) is 11.4. The lowest BCUT2D eigenvalue weighted by Gasteiger charge is -2.06. The Labute approximate surface area is 106 Å². The molecular formula is C12H10BrNOS. The zero-order valence-corrected chi connectivity index (χ0v) is 10.8. The van der Waals surface area contributed by atoms with E-state index >= 15 is 0 Å². The first-order chi connectivity index (χ1) is 7.75. The molecule has 0 aliphatic heterocycles. The van der Waals surface area contributed by atoms with Crippen molar-refractivity contribution >= 4 is 38.9 Å². The molecule has 0 saturated heterocycles. The van der Waals surface area contributed by atoms with E-state index in [1.54, 1.807) is 11.3 Å². The summed E-state index contributed by atoms with van der Waals surface area (Å²) in [5.74, 6) is 0.00491. The van der Waals surface area contributed by atoms with Gasteiger partial charge in [-0.2, -0.15) is 11.3 Å². The molecule has 1 N–H and O–H groups in total. The summed E-state index contributed by atoms with van der Waals surface area (Å²) >= 11 is 4.99. The number of carbonyl (C=O) groups is 1. The lowest BCUT2D eigenvalue weighted by atomic mass is 10.2. The molecule has 4 heteroatoms. The maximum absolute atomic E-state index is 11.7. The Morgan fingerprint density at radius 3 is 2.81 bits per heavy atom. The van der Waals surface area contributed by atoms with E-state index in [9.17, 15) is 4.79 Å². The number of amides is 1. The van der Waals surface area contributed by atoms with Gasteiger partial charge in [-0.05, 0) is 50.5 Å². The average Bonchev–Trinajstić information content (AvgIpc) is 2.74. The van der Waals surface area contributed by atoms with Crippen LogP contribution in [0.25, 0.3) is 0 Å². The van der Waals surface area contributed by atoms with Crippen molar-refractivity contribution in [1.29, 1.82) is 0 Å². The predicted molar refractivity (Wildman–Crippen MR) is 70.8 cm³/mol.